The molecule has 2 aromatic rings. The van der Waals surface area contributed by atoms with Gasteiger partial charge in [0.1, 0.15) is 5.56 Å². The molecule has 0 fully saturated rings. The van der Waals surface area contributed by atoms with Crippen molar-refractivity contribution in [2.24, 2.45) is 0 Å². The number of hydrogen-bond donors (Lipinski definition) is 1. The Morgan fingerprint density at radius 1 is 1.33 bits per heavy atom. The zero-order valence-electron chi connectivity index (χ0n) is 10.6. The van der Waals surface area contributed by atoms with Gasteiger partial charge in [0.15, 0.2) is 0 Å². The molecule has 94 valence electrons. The summed E-state index contributed by atoms with van der Waals surface area (Å²) < 4.78 is 1.79. The lowest BCUT2D eigenvalue weighted by Gasteiger charge is -2.06. The van der Waals surface area contributed by atoms with Crippen molar-refractivity contribution in [3.63, 3.8) is 0 Å². The molecule has 0 aliphatic rings. The van der Waals surface area contributed by atoms with Crippen molar-refractivity contribution in [1.82, 2.24) is 9.78 Å². The number of aryl methyl sites for hydroxylation is 1. The Kier molecular flexibility index (Phi) is 3.46. The molecule has 0 unspecified atom stereocenters. The molecule has 0 bridgehead atoms. The second-order valence-corrected chi connectivity index (χ2v) is 4.21. The Morgan fingerprint density at radius 3 is 2.56 bits per heavy atom. The number of benzene rings is 1. The molecule has 1 aromatic carbocycles. The fourth-order valence-electron chi connectivity index (χ4n) is 2.15. The summed E-state index contributed by atoms with van der Waals surface area (Å²) in [6.07, 6.45) is 0.662. The van der Waals surface area contributed by atoms with Crippen LogP contribution in [0.15, 0.2) is 30.3 Å². The first kappa shape index (κ1) is 12.4. The van der Waals surface area contributed by atoms with E-state index >= 15 is 0 Å². The van der Waals surface area contributed by atoms with Crippen LogP contribution in [0.25, 0.3) is 0 Å². The third-order valence-corrected chi connectivity index (χ3v) is 2.96. The van der Waals surface area contributed by atoms with E-state index in [2.05, 4.69) is 5.10 Å². The number of aromatic carboxylic acids is 1. The summed E-state index contributed by atoms with van der Waals surface area (Å²) in [5, 5.41) is 13.5. The van der Waals surface area contributed by atoms with E-state index in [9.17, 15) is 9.90 Å². The summed E-state index contributed by atoms with van der Waals surface area (Å²) in [6, 6.07) is 9.92. The van der Waals surface area contributed by atoms with E-state index in [1.807, 2.05) is 37.3 Å². The van der Waals surface area contributed by atoms with Crippen LogP contribution >= 0.6 is 0 Å². The van der Waals surface area contributed by atoms with Crippen LogP contribution in [0.2, 0.25) is 0 Å². The molecule has 0 spiro atoms. The van der Waals surface area contributed by atoms with Crippen molar-refractivity contribution in [2.75, 3.05) is 0 Å². The molecule has 1 heterocycles. The average Bonchev–Trinajstić information content (AvgIpc) is 2.66. The molecule has 4 nitrogen and oxygen atoms in total. The van der Waals surface area contributed by atoms with Crippen LogP contribution < -0.4 is 0 Å². The van der Waals surface area contributed by atoms with Crippen LogP contribution in [0.3, 0.4) is 0 Å². The summed E-state index contributed by atoms with van der Waals surface area (Å²) in [4.78, 5) is 11.2. The molecule has 0 amide bonds. The number of rotatable bonds is 4. The van der Waals surface area contributed by atoms with E-state index in [4.69, 9.17) is 0 Å². The van der Waals surface area contributed by atoms with Crippen LogP contribution in [-0.2, 0) is 13.0 Å². The van der Waals surface area contributed by atoms with Crippen LogP contribution in [0.4, 0.5) is 0 Å². The predicted molar refractivity (Wildman–Crippen MR) is 68.8 cm³/mol. The van der Waals surface area contributed by atoms with Gasteiger partial charge < -0.3 is 5.11 Å². The molecule has 1 aromatic heterocycles. The molecular weight excluding hydrogens is 228 g/mol. The van der Waals surface area contributed by atoms with Gasteiger partial charge in [0, 0.05) is 0 Å². The van der Waals surface area contributed by atoms with Crippen LogP contribution in [0.5, 0.6) is 0 Å². The highest BCUT2D eigenvalue weighted by atomic mass is 16.4. The Hall–Kier alpha value is -2.10. The molecule has 0 aliphatic carbocycles. The van der Waals surface area contributed by atoms with Crippen molar-refractivity contribution in [2.45, 2.75) is 26.8 Å². The molecular formula is C14H16N2O2. The van der Waals surface area contributed by atoms with E-state index in [0.29, 0.717) is 24.2 Å². The molecule has 0 saturated heterocycles. The zero-order valence-corrected chi connectivity index (χ0v) is 10.6. The van der Waals surface area contributed by atoms with Crippen molar-refractivity contribution in [1.29, 1.82) is 0 Å². The quantitative estimate of drug-likeness (QED) is 0.899. The lowest BCUT2D eigenvalue weighted by molar-refractivity contribution is 0.0695. The number of carboxylic acid groups (broad SMARTS) is 1. The highest BCUT2D eigenvalue weighted by molar-refractivity contribution is 5.90. The van der Waals surface area contributed by atoms with Crippen LogP contribution in [0.1, 0.15) is 34.2 Å². The Labute approximate surface area is 106 Å². The first-order valence-corrected chi connectivity index (χ1v) is 5.97. The van der Waals surface area contributed by atoms with Gasteiger partial charge >= 0.3 is 5.97 Å². The van der Waals surface area contributed by atoms with Gasteiger partial charge in [0.2, 0.25) is 0 Å². The predicted octanol–water partition coefficient (Wildman–Crippen LogP) is 2.50. The first-order valence-electron chi connectivity index (χ1n) is 5.97. The first-order chi connectivity index (χ1) is 8.63. The number of hydrogen-bond acceptors (Lipinski definition) is 2. The van der Waals surface area contributed by atoms with Gasteiger partial charge in [-0.15, -0.1) is 0 Å². The zero-order chi connectivity index (χ0) is 13.1. The van der Waals surface area contributed by atoms with Gasteiger partial charge in [0.05, 0.1) is 17.9 Å². The summed E-state index contributed by atoms with van der Waals surface area (Å²) in [7, 11) is 0. The monoisotopic (exact) mass is 244 g/mol. The Bertz CT molecular complexity index is 559. The standard InChI is InChI=1S/C14H16N2O2/c1-3-12-13(14(17)18)10(2)15-16(12)9-11-7-5-4-6-8-11/h4-8H,3,9H2,1-2H3,(H,17,18). The van der Waals surface area contributed by atoms with E-state index < -0.39 is 5.97 Å². The second kappa shape index (κ2) is 5.04. The van der Waals surface area contributed by atoms with Gasteiger partial charge in [-0.1, -0.05) is 37.3 Å². The molecule has 0 radical (unpaired) electrons. The highest BCUT2D eigenvalue weighted by Gasteiger charge is 2.19. The normalized spacial score (nSPS) is 10.6. The topological polar surface area (TPSA) is 55.1 Å². The summed E-state index contributed by atoms with van der Waals surface area (Å²) >= 11 is 0. The molecule has 1 N–H and O–H groups in total. The molecule has 2 rings (SSSR count). The highest BCUT2D eigenvalue weighted by Crippen LogP contribution is 2.16. The Morgan fingerprint density at radius 2 is 2.00 bits per heavy atom. The summed E-state index contributed by atoms with van der Waals surface area (Å²) in [5.74, 6) is -0.899. The van der Waals surface area contributed by atoms with Gasteiger partial charge in [-0.25, -0.2) is 4.79 Å². The lowest BCUT2D eigenvalue weighted by Crippen LogP contribution is -2.08. The fourth-order valence-corrected chi connectivity index (χ4v) is 2.15. The minimum Gasteiger partial charge on any atom is -0.478 e. The van der Waals surface area contributed by atoms with Gasteiger partial charge in [0.25, 0.3) is 0 Å². The number of carbonyl (C=O) groups is 1. The summed E-state index contributed by atoms with van der Waals surface area (Å²) in [6.45, 7) is 4.30. The van der Waals surface area contributed by atoms with Crippen molar-refractivity contribution >= 4 is 5.97 Å². The largest absolute Gasteiger partial charge is 0.478 e. The Balaban J connectivity index is 2.40. The molecule has 0 saturated carbocycles. The molecule has 0 aliphatic heterocycles. The van der Waals surface area contributed by atoms with E-state index in [1.54, 1.807) is 11.6 Å². The minimum absolute atomic E-state index is 0.341. The third kappa shape index (κ3) is 2.27. The maximum atomic E-state index is 11.2. The van der Waals surface area contributed by atoms with Gasteiger partial charge in [-0.3, -0.25) is 4.68 Å². The van der Waals surface area contributed by atoms with Gasteiger partial charge in [-0.05, 0) is 18.9 Å². The van der Waals surface area contributed by atoms with Gasteiger partial charge in [-0.2, -0.15) is 5.10 Å². The maximum Gasteiger partial charge on any atom is 0.339 e. The summed E-state index contributed by atoms with van der Waals surface area (Å²) in [5.41, 5.74) is 2.82. The maximum absolute atomic E-state index is 11.2. The number of aromatic nitrogens is 2. The van der Waals surface area contributed by atoms with Crippen molar-refractivity contribution < 1.29 is 9.90 Å². The SMILES string of the molecule is CCc1c(C(=O)O)c(C)nn1Cc1ccccc1. The van der Waals surface area contributed by atoms with E-state index in [-0.39, 0.29) is 0 Å². The minimum atomic E-state index is -0.899. The fraction of sp³-hybridized carbons (Fsp3) is 0.286. The second-order valence-electron chi connectivity index (χ2n) is 4.21. The average molecular weight is 244 g/mol. The van der Waals surface area contributed by atoms with Crippen LogP contribution in [-0.4, -0.2) is 20.9 Å². The molecule has 4 heteroatoms. The molecule has 0 atom stereocenters. The van der Waals surface area contributed by atoms with E-state index in [1.165, 1.54) is 0 Å². The van der Waals surface area contributed by atoms with Crippen molar-refractivity contribution in [3.8, 4) is 0 Å². The van der Waals surface area contributed by atoms with Crippen molar-refractivity contribution in [3.05, 3.63) is 52.8 Å². The number of nitrogens with zero attached hydrogens (tertiary/aromatic N) is 2. The smallest absolute Gasteiger partial charge is 0.339 e. The number of carboxylic acids is 1. The van der Waals surface area contributed by atoms with Crippen LogP contribution in [0, 0.1) is 6.92 Å². The lowest BCUT2D eigenvalue weighted by atomic mass is 10.1. The molecule has 18 heavy (non-hydrogen) atoms. The van der Waals surface area contributed by atoms with E-state index in [0.717, 1.165) is 11.3 Å². The third-order valence-electron chi connectivity index (χ3n) is 2.96.